The van der Waals surface area contributed by atoms with Crippen LogP contribution in [0.25, 0.3) is 0 Å². The van der Waals surface area contributed by atoms with Gasteiger partial charge in [-0.25, -0.2) is 12.8 Å². The van der Waals surface area contributed by atoms with Crippen molar-refractivity contribution in [1.29, 1.82) is 0 Å². The number of carbonyl (C=O) groups is 1. The molecule has 2 rings (SSSR count). The second-order valence-electron chi connectivity index (χ2n) is 5.28. The minimum absolute atomic E-state index is 0.0867. The number of nitrogens with one attached hydrogen (secondary N) is 1. The Morgan fingerprint density at radius 2 is 1.74 bits per heavy atom. The lowest BCUT2D eigenvalue weighted by Crippen LogP contribution is -2.24. The van der Waals surface area contributed by atoms with Gasteiger partial charge < -0.3 is 5.73 Å². The van der Waals surface area contributed by atoms with E-state index in [2.05, 4.69) is 4.72 Å². The van der Waals surface area contributed by atoms with Crippen molar-refractivity contribution in [1.82, 2.24) is 0 Å². The Morgan fingerprint density at radius 3 is 2.30 bits per heavy atom. The summed E-state index contributed by atoms with van der Waals surface area (Å²) in [6, 6.07) is 10.7. The third-order valence-corrected chi connectivity index (χ3v) is 5.05. The van der Waals surface area contributed by atoms with Gasteiger partial charge in [0.05, 0.1) is 16.5 Å². The van der Waals surface area contributed by atoms with Gasteiger partial charge in [-0.05, 0) is 26.0 Å². The number of nitrogens with two attached hydrogens (primary N) is 1. The van der Waals surface area contributed by atoms with E-state index in [4.69, 9.17) is 5.73 Å². The summed E-state index contributed by atoms with van der Waals surface area (Å²) in [5.41, 5.74) is 5.23. The minimum Gasteiger partial charge on any atom is -0.397 e. The number of hydrogen-bond acceptors (Lipinski definition) is 4. The van der Waals surface area contributed by atoms with E-state index in [1.807, 2.05) is 0 Å². The fourth-order valence-corrected chi connectivity index (χ4v) is 2.60. The van der Waals surface area contributed by atoms with E-state index >= 15 is 0 Å². The van der Waals surface area contributed by atoms with E-state index in [1.54, 1.807) is 30.3 Å². The number of rotatable bonds is 5. The molecule has 0 radical (unpaired) electrons. The molecule has 0 spiro atoms. The number of halogens is 1. The van der Waals surface area contributed by atoms with Crippen LogP contribution in [0.2, 0.25) is 0 Å². The average molecular weight is 336 g/mol. The Balaban J connectivity index is 2.49. The molecule has 0 fully saturated rings. The molecule has 2 aromatic rings. The van der Waals surface area contributed by atoms with Crippen LogP contribution in [0.15, 0.2) is 42.5 Å². The van der Waals surface area contributed by atoms with Crippen molar-refractivity contribution in [2.24, 2.45) is 0 Å². The standard InChI is InChI=1S/C16H17FN2O3S/c1-10(2)23(21,22)19-15-13(18)9-8-12(14(15)17)16(20)11-6-4-3-5-7-11/h3-10,19H,18H2,1-2H3. The van der Waals surface area contributed by atoms with Crippen molar-refractivity contribution >= 4 is 27.2 Å². The van der Waals surface area contributed by atoms with Crippen LogP contribution in [0.5, 0.6) is 0 Å². The molecule has 0 heterocycles. The molecule has 0 atom stereocenters. The third-order valence-electron chi connectivity index (χ3n) is 3.32. The van der Waals surface area contributed by atoms with Gasteiger partial charge in [0, 0.05) is 5.56 Å². The summed E-state index contributed by atoms with van der Waals surface area (Å²) < 4.78 is 40.6. The Hall–Kier alpha value is -2.41. The second-order valence-corrected chi connectivity index (χ2v) is 7.52. The van der Waals surface area contributed by atoms with Crippen molar-refractivity contribution in [3.63, 3.8) is 0 Å². The van der Waals surface area contributed by atoms with E-state index in [1.165, 1.54) is 26.0 Å². The Bertz CT molecular complexity index is 834. The van der Waals surface area contributed by atoms with Gasteiger partial charge >= 0.3 is 0 Å². The van der Waals surface area contributed by atoms with Crippen LogP contribution in [-0.2, 0) is 10.0 Å². The van der Waals surface area contributed by atoms with Crippen molar-refractivity contribution < 1.29 is 17.6 Å². The third kappa shape index (κ3) is 3.50. The molecule has 0 unspecified atom stereocenters. The maximum Gasteiger partial charge on any atom is 0.235 e. The van der Waals surface area contributed by atoms with Gasteiger partial charge in [0.1, 0.15) is 5.69 Å². The van der Waals surface area contributed by atoms with Gasteiger partial charge in [-0.3, -0.25) is 9.52 Å². The van der Waals surface area contributed by atoms with Gasteiger partial charge in [0.25, 0.3) is 0 Å². The first-order valence-electron chi connectivity index (χ1n) is 6.93. The molecule has 0 amide bonds. The van der Waals surface area contributed by atoms with Crippen molar-refractivity contribution in [3.05, 3.63) is 59.4 Å². The molecule has 23 heavy (non-hydrogen) atoms. The van der Waals surface area contributed by atoms with Crippen LogP contribution in [0.4, 0.5) is 15.8 Å². The molecule has 0 saturated carbocycles. The van der Waals surface area contributed by atoms with Gasteiger partial charge in [-0.2, -0.15) is 0 Å². The highest BCUT2D eigenvalue weighted by molar-refractivity contribution is 7.93. The van der Waals surface area contributed by atoms with Crippen LogP contribution in [0.1, 0.15) is 29.8 Å². The summed E-state index contributed by atoms with van der Waals surface area (Å²) in [6.45, 7) is 2.91. The van der Waals surface area contributed by atoms with E-state index in [9.17, 15) is 17.6 Å². The lowest BCUT2D eigenvalue weighted by atomic mass is 10.0. The number of benzene rings is 2. The molecule has 0 aromatic heterocycles. The second kappa shape index (κ2) is 6.37. The Kier molecular flexibility index (Phi) is 4.70. The molecule has 7 heteroatoms. The molecule has 0 bridgehead atoms. The van der Waals surface area contributed by atoms with Gasteiger partial charge in [0.15, 0.2) is 11.6 Å². The SMILES string of the molecule is CC(C)S(=O)(=O)Nc1c(N)ccc(C(=O)c2ccccc2)c1F. The fourth-order valence-electron chi connectivity index (χ4n) is 1.88. The highest BCUT2D eigenvalue weighted by atomic mass is 32.2. The van der Waals surface area contributed by atoms with Gasteiger partial charge in [0.2, 0.25) is 10.0 Å². The van der Waals surface area contributed by atoms with Crippen LogP contribution in [0, 0.1) is 5.82 Å². The maximum absolute atomic E-state index is 14.6. The van der Waals surface area contributed by atoms with Gasteiger partial charge in [-0.1, -0.05) is 30.3 Å². The molecular formula is C16H17FN2O3S. The zero-order chi connectivity index (χ0) is 17.2. The van der Waals surface area contributed by atoms with E-state index in [-0.39, 0.29) is 11.3 Å². The van der Waals surface area contributed by atoms with Crippen molar-refractivity contribution in [2.75, 3.05) is 10.5 Å². The number of ketones is 1. The predicted octanol–water partition coefficient (Wildman–Crippen LogP) is 2.79. The summed E-state index contributed by atoms with van der Waals surface area (Å²) >= 11 is 0. The normalized spacial score (nSPS) is 11.5. The lowest BCUT2D eigenvalue weighted by Gasteiger charge is -2.15. The molecule has 0 aliphatic carbocycles. The molecule has 0 aliphatic rings. The fraction of sp³-hybridized carbons (Fsp3) is 0.188. The highest BCUT2D eigenvalue weighted by Gasteiger charge is 2.23. The van der Waals surface area contributed by atoms with Gasteiger partial charge in [-0.15, -0.1) is 0 Å². The van der Waals surface area contributed by atoms with Crippen LogP contribution in [0.3, 0.4) is 0 Å². The monoisotopic (exact) mass is 336 g/mol. The molecule has 0 aliphatic heterocycles. The zero-order valence-corrected chi connectivity index (χ0v) is 13.5. The topological polar surface area (TPSA) is 89.3 Å². The summed E-state index contributed by atoms with van der Waals surface area (Å²) in [5, 5.41) is -0.769. The van der Waals surface area contributed by atoms with Crippen LogP contribution >= 0.6 is 0 Å². The molecule has 122 valence electrons. The zero-order valence-electron chi connectivity index (χ0n) is 12.7. The first-order chi connectivity index (χ1) is 10.7. The first-order valence-corrected chi connectivity index (χ1v) is 8.48. The number of hydrogen-bond donors (Lipinski definition) is 2. The minimum atomic E-state index is -3.78. The summed E-state index contributed by atoms with van der Waals surface area (Å²) in [4.78, 5) is 12.4. The van der Waals surface area contributed by atoms with E-state index < -0.39 is 32.6 Å². The molecule has 0 saturated heterocycles. The van der Waals surface area contributed by atoms with Crippen molar-refractivity contribution in [3.8, 4) is 0 Å². The quantitative estimate of drug-likeness (QED) is 0.649. The molecule has 3 N–H and O–H groups in total. The number of carbonyl (C=O) groups excluding carboxylic acids is 1. The largest absolute Gasteiger partial charge is 0.397 e. The smallest absolute Gasteiger partial charge is 0.235 e. The molecule has 2 aromatic carbocycles. The highest BCUT2D eigenvalue weighted by Crippen LogP contribution is 2.28. The number of anilines is 2. The van der Waals surface area contributed by atoms with Crippen molar-refractivity contribution in [2.45, 2.75) is 19.1 Å². The first kappa shape index (κ1) is 17.0. The summed E-state index contributed by atoms with van der Waals surface area (Å²) in [7, 11) is -3.78. The lowest BCUT2D eigenvalue weighted by molar-refractivity contribution is 0.103. The Labute approximate surface area is 134 Å². The summed E-state index contributed by atoms with van der Waals surface area (Å²) in [5.74, 6) is -1.53. The molecular weight excluding hydrogens is 319 g/mol. The van der Waals surface area contributed by atoms with E-state index in [0.717, 1.165) is 0 Å². The molecule has 5 nitrogen and oxygen atoms in total. The predicted molar refractivity (Wildman–Crippen MR) is 88.4 cm³/mol. The van der Waals surface area contributed by atoms with Crippen LogP contribution in [-0.4, -0.2) is 19.5 Å². The number of sulfonamides is 1. The number of nitrogen functional groups attached to an aromatic ring is 1. The van der Waals surface area contributed by atoms with E-state index in [0.29, 0.717) is 5.56 Å². The average Bonchev–Trinajstić information content (AvgIpc) is 2.51. The summed E-state index contributed by atoms with van der Waals surface area (Å²) in [6.07, 6.45) is 0. The van der Waals surface area contributed by atoms with Crippen LogP contribution < -0.4 is 10.5 Å². The maximum atomic E-state index is 14.6. The Morgan fingerprint density at radius 1 is 1.13 bits per heavy atom.